The molecule has 25 heavy (non-hydrogen) atoms. The summed E-state index contributed by atoms with van der Waals surface area (Å²) in [6.07, 6.45) is 6.83. The lowest BCUT2D eigenvalue weighted by molar-refractivity contribution is 0.0947. The minimum absolute atomic E-state index is 0.213. The first-order valence-electron chi connectivity index (χ1n) is 7.84. The zero-order valence-electron chi connectivity index (χ0n) is 13.6. The Morgan fingerprint density at radius 2 is 2.08 bits per heavy atom. The Morgan fingerprint density at radius 1 is 1.20 bits per heavy atom. The minimum atomic E-state index is -0.213. The molecule has 2 heterocycles. The van der Waals surface area contributed by atoms with E-state index in [1.165, 1.54) is 0 Å². The second-order valence-corrected chi connectivity index (χ2v) is 5.22. The van der Waals surface area contributed by atoms with E-state index in [4.69, 9.17) is 4.74 Å². The predicted molar refractivity (Wildman–Crippen MR) is 94.7 cm³/mol. The van der Waals surface area contributed by atoms with E-state index in [1.54, 1.807) is 41.4 Å². The number of pyridine rings is 1. The van der Waals surface area contributed by atoms with E-state index >= 15 is 0 Å². The molecule has 3 rings (SSSR count). The molecule has 0 saturated heterocycles. The Labute approximate surface area is 145 Å². The van der Waals surface area contributed by atoms with E-state index in [-0.39, 0.29) is 5.91 Å². The van der Waals surface area contributed by atoms with Crippen LogP contribution in [0.1, 0.15) is 15.9 Å². The number of hydrogen-bond acceptors (Lipinski definition) is 4. The fourth-order valence-corrected chi connectivity index (χ4v) is 2.37. The van der Waals surface area contributed by atoms with Crippen LogP contribution in [0.2, 0.25) is 0 Å². The molecule has 1 amide bonds. The Bertz CT molecular complexity index is 859. The fourth-order valence-electron chi connectivity index (χ4n) is 2.37. The molecule has 2 aromatic heterocycles. The molecule has 0 saturated carbocycles. The maximum Gasteiger partial charge on any atom is 0.255 e. The van der Waals surface area contributed by atoms with Gasteiger partial charge in [-0.1, -0.05) is 30.9 Å². The van der Waals surface area contributed by atoms with Gasteiger partial charge in [0.2, 0.25) is 0 Å². The lowest BCUT2D eigenvalue weighted by atomic mass is 10.1. The maximum absolute atomic E-state index is 12.5. The normalized spacial score (nSPS) is 10.2. The van der Waals surface area contributed by atoms with Crippen LogP contribution < -0.4 is 10.1 Å². The molecule has 6 nitrogen and oxygen atoms in total. The molecule has 126 valence electrons. The number of rotatable bonds is 7. The molecule has 0 unspecified atom stereocenters. The molecular formula is C19H18N4O2. The monoisotopic (exact) mass is 334 g/mol. The first kappa shape index (κ1) is 16.4. The second-order valence-electron chi connectivity index (χ2n) is 5.22. The van der Waals surface area contributed by atoms with E-state index in [9.17, 15) is 4.79 Å². The summed E-state index contributed by atoms with van der Waals surface area (Å²) in [6.45, 7) is 4.29. The zero-order chi connectivity index (χ0) is 17.5. The predicted octanol–water partition coefficient (Wildman–Crippen LogP) is 2.76. The van der Waals surface area contributed by atoms with E-state index < -0.39 is 0 Å². The van der Waals surface area contributed by atoms with Crippen molar-refractivity contribution in [1.29, 1.82) is 0 Å². The number of aromatic nitrogens is 3. The van der Waals surface area contributed by atoms with Crippen LogP contribution in [0.3, 0.4) is 0 Å². The van der Waals surface area contributed by atoms with Crippen molar-refractivity contribution in [3.63, 3.8) is 0 Å². The van der Waals surface area contributed by atoms with Crippen molar-refractivity contribution in [2.75, 3.05) is 6.61 Å². The number of ether oxygens (including phenoxy) is 1. The summed E-state index contributed by atoms with van der Waals surface area (Å²) in [7, 11) is 0. The van der Waals surface area contributed by atoms with Crippen LogP contribution in [0.5, 0.6) is 5.75 Å². The van der Waals surface area contributed by atoms with Crippen LogP contribution >= 0.6 is 0 Å². The van der Waals surface area contributed by atoms with Gasteiger partial charge in [-0.05, 0) is 24.3 Å². The molecule has 0 radical (unpaired) electrons. The number of hydrogen-bond donors (Lipinski definition) is 1. The van der Waals surface area contributed by atoms with E-state index in [0.29, 0.717) is 30.3 Å². The van der Waals surface area contributed by atoms with Crippen molar-refractivity contribution < 1.29 is 9.53 Å². The molecular weight excluding hydrogens is 316 g/mol. The van der Waals surface area contributed by atoms with Gasteiger partial charge in [0.05, 0.1) is 5.56 Å². The molecule has 1 N–H and O–H groups in total. The summed E-state index contributed by atoms with van der Waals surface area (Å²) in [5, 5.41) is 7.10. The number of nitrogens with one attached hydrogen (secondary N) is 1. The average Bonchev–Trinajstić information content (AvgIpc) is 3.19. The number of carbonyl (C=O) groups excluding carboxylic acids is 1. The van der Waals surface area contributed by atoms with Gasteiger partial charge in [-0.25, -0.2) is 9.67 Å². The largest absolute Gasteiger partial charge is 0.489 e. The SMILES string of the molecule is C=CCOc1ccccc1C(=O)NCc1cccnc1-n1cccn1. The zero-order valence-corrected chi connectivity index (χ0v) is 13.6. The lowest BCUT2D eigenvalue weighted by Gasteiger charge is -2.12. The molecule has 6 heteroatoms. The van der Waals surface area contributed by atoms with Crippen LogP contribution in [-0.2, 0) is 6.54 Å². The van der Waals surface area contributed by atoms with Gasteiger partial charge in [-0.15, -0.1) is 0 Å². The smallest absolute Gasteiger partial charge is 0.255 e. The van der Waals surface area contributed by atoms with Crippen LogP contribution in [0.15, 0.2) is 73.7 Å². The Kier molecular flexibility index (Phi) is 5.21. The van der Waals surface area contributed by atoms with Crippen molar-refractivity contribution in [1.82, 2.24) is 20.1 Å². The molecule has 0 fully saturated rings. The molecule has 1 aromatic carbocycles. The number of para-hydroxylation sites is 1. The van der Waals surface area contributed by atoms with Gasteiger partial charge in [0.1, 0.15) is 12.4 Å². The van der Waals surface area contributed by atoms with Crippen molar-refractivity contribution >= 4 is 5.91 Å². The van der Waals surface area contributed by atoms with Crippen LogP contribution in [0.25, 0.3) is 5.82 Å². The van der Waals surface area contributed by atoms with E-state index in [1.807, 2.05) is 30.5 Å². The highest BCUT2D eigenvalue weighted by Gasteiger charge is 2.13. The van der Waals surface area contributed by atoms with Gasteiger partial charge < -0.3 is 10.1 Å². The second kappa shape index (κ2) is 7.92. The standard InChI is InChI=1S/C19H18N4O2/c1-2-13-25-17-9-4-3-8-16(17)19(24)21-14-15-7-5-10-20-18(15)23-12-6-11-22-23/h2-12H,1,13-14H2,(H,21,24). The first-order chi connectivity index (χ1) is 12.3. The quantitative estimate of drug-likeness (QED) is 0.675. The van der Waals surface area contributed by atoms with Gasteiger partial charge in [0, 0.05) is 30.7 Å². The number of amides is 1. The van der Waals surface area contributed by atoms with E-state index in [2.05, 4.69) is 22.0 Å². The van der Waals surface area contributed by atoms with Gasteiger partial charge in [-0.2, -0.15) is 5.10 Å². The summed E-state index contributed by atoms with van der Waals surface area (Å²) in [4.78, 5) is 16.9. The van der Waals surface area contributed by atoms with Crippen LogP contribution in [0, 0.1) is 0 Å². The van der Waals surface area contributed by atoms with Gasteiger partial charge in [0.25, 0.3) is 5.91 Å². The molecule has 0 atom stereocenters. The summed E-state index contributed by atoms with van der Waals surface area (Å²) in [5.74, 6) is 0.998. The highest BCUT2D eigenvalue weighted by atomic mass is 16.5. The molecule has 0 aliphatic rings. The highest BCUT2D eigenvalue weighted by Crippen LogP contribution is 2.18. The Hall–Kier alpha value is -3.41. The molecule has 0 aliphatic carbocycles. The Morgan fingerprint density at radius 3 is 2.88 bits per heavy atom. The van der Waals surface area contributed by atoms with Crippen LogP contribution in [0.4, 0.5) is 0 Å². The highest BCUT2D eigenvalue weighted by molar-refractivity contribution is 5.96. The molecule has 0 spiro atoms. The van der Waals surface area contributed by atoms with Crippen LogP contribution in [-0.4, -0.2) is 27.3 Å². The first-order valence-corrected chi connectivity index (χ1v) is 7.84. The van der Waals surface area contributed by atoms with Crippen molar-refractivity contribution in [3.8, 4) is 11.6 Å². The third-order valence-corrected chi connectivity index (χ3v) is 3.52. The van der Waals surface area contributed by atoms with Gasteiger partial charge in [-0.3, -0.25) is 4.79 Å². The van der Waals surface area contributed by atoms with Gasteiger partial charge in [0.15, 0.2) is 5.82 Å². The Balaban J connectivity index is 1.75. The summed E-state index contributed by atoms with van der Waals surface area (Å²) in [5.41, 5.74) is 1.35. The molecule has 0 bridgehead atoms. The number of benzene rings is 1. The van der Waals surface area contributed by atoms with E-state index in [0.717, 1.165) is 5.56 Å². The maximum atomic E-state index is 12.5. The third-order valence-electron chi connectivity index (χ3n) is 3.52. The third kappa shape index (κ3) is 3.92. The summed E-state index contributed by atoms with van der Waals surface area (Å²) in [6, 6.07) is 12.7. The minimum Gasteiger partial charge on any atom is -0.489 e. The topological polar surface area (TPSA) is 69.0 Å². The van der Waals surface area contributed by atoms with Gasteiger partial charge >= 0.3 is 0 Å². The molecule has 3 aromatic rings. The number of nitrogens with zero attached hydrogens (tertiary/aromatic N) is 3. The van der Waals surface area contributed by atoms with Crippen molar-refractivity contribution in [2.45, 2.75) is 6.54 Å². The van der Waals surface area contributed by atoms with Crippen molar-refractivity contribution in [2.24, 2.45) is 0 Å². The van der Waals surface area contributed by atoms with Crippen molar-refractivity contribution in [3.05, 3.63) is 84.8 Å². The average molecular weight is 334 g/mol. The fraction of sp³-hybridized carbons (Fsp3) is 0.105. The lowest BCUT2D eigenvalue weighted by Crippen LogP contribution is -2.24. The summed E-state index contributed by atoms with van der Waals surface area (Å²) >= 11 is 0. The molecule has 0 aliphatic heterocycles. The summed E-state index contributed by atoms with van der Waals surface area (Å²) < 4.78 is 7.21. The number of carbonyl (C=O) groups is 1.